The number of unbranched alkanes of at least 4 members (excludes halogenated alkanes) is 1. The van der Waals surface area contributed by atoms with Gasteiger partial charge in [0, 0.05) is 4.70 Å². The van der Waals surface area contributed by atoms with Gasteiger partial charge in [-0.2, -0.15) is 0 Å². The molecule has 1 unspecified atom stereocenters. The maximum atomic E-state index is 12.1. The van der Waals surface area contributed by atoms with E-state index in [0.29, 0.717) is 4.88 Å². The molecule has 0 aliphatic carbocycles. The van der Waals surface area contributed by atoms with Crippen molar-refractivity contribution in [2.75, 3.05) is 20.6 Å². The average Bonchev–Trinajstić information content (AvgIpc) is 2.87. The first kappa shape index (κ1) is 16.0. The van der Waals surface area contributed by atoms with Gasteiger partial charge in [-0.15, -0.1) is 11.3 Å². The molecule has 0 radical (unpaired) electrons. The van der Waals surface area contributed by atoms with E-state index in [-0.39, 0.29) is 12.1 Å². The Labute approximate surface area is 130 Å². The Balaban J connectivity index is 1.83. The summed E-state index contributed by atoms with van der Waals surface area (Å²) in [5.41, 5.74) is 0. The van der Waals surface area contributed by atoms with Gasteiger partial charge in [0.15, 0.2) is 0 Å². The molecule has 0 bridgehead atoms. The highest BCUT2D eigenvalue weighted by Gasteiger charge is 2.14. The van der Waals surface area contributed by atoms with Crippen LogP contribution in [0.5, 0.6) is 0 Å². The molecular formula is C17H23NO2S. The maximum absolute atomic E-state index is 12.1. The van der Waals surface area contributed by atoms with Crippen LogP contribution in [0.15, 0.2) is 30.3 Å². The summed E-state index contributed by atoms with van der Waals surface area (Å²) in [5.74, 6) is -0.198. The number of hydrogen-bond acceptors (Lipinski definition) is 4. The molecule has 2 rings (SSSR count). The van der Waals surface area contributed by atoms with E-state index in [1.165, 1.54) is 11.3 Å². The number of ether oxygens (including phenoxy) is 1. The van der Waals surface area contributed by atoms with Crippen LogP contribution in [-0.4, -0.2) is 37.6 Å². The fourth-order valence-corrected chi connectivity index (χ4v) is 3.19. The Bertz CT molecular complexity index is 558. The van der Waals surface area contributed by atoms with Crippen molar-refractivity contribution in [1.29, 1.82) is 0 Å². The van der Waals surface area contributed by atoms with E-state index < -0.39 is 0 Å². The van der Waals surface area contributed by atoms with Crippen LogP contribution in [0.1, 0.15) is 35.9 Å². The minimum Gasteiger partial charge on any atom is -0.458 e. The first-order valence-corrected chi connectivity index (χ1v) is 8.22. The van der Waals surface area contributed by atoms with Gasteiger partial charge in [-0.25, -0.2) is 4.79 Å². The number of benzene rings is 1. The normalized spacial score (nSPS) is 12.8. The van der Waals surface area contributed by atoms with Crippen LogP contribution in [0.2, 0.25) is 0 Å². The first-order valence-electron chi connectivity index (χ1n) is 7.40. The maximum Gasteiger partial charge on any atom is 0.348 e. The van der Waals surface area contributed by atoms with Gasteiger partial charge < -0.3 is 9.64 Å². The number of nitrogens with zero attached hydrogens (tertiary/aromatic N) is 1. The predicted octanol–water partition coefficient (Wildman–Crippen LogP) is 4.18. The van der Waals surface area contributed by atoms with Crippen LogP contribution in [0.3, 0.4) is 0 Å². The minimum atomic E-state index is -0.198. The molecule has 0 N–H and O–H groups in total. The second-order valence-electron chi connectivity index (χ2n) is 5.66. The van der Waals surface area contributed by atoms with Crippen LogP contribution < -0.4 is 0 Å². The molecule has 0 amide bonds. The lowest BCUT2D eigenvalue weighted by molar-refractivity contribution is 0.0324. The molecule has 1 aromatic carbocycles. The Morgan fingerprint density at radius 2 is 2.05 bits per heavy atom. The number of esters is 1. The van der Waals surface area contributed by atoms with E-state index in [4.69, 9.17) is 4.74 Å². The van der Waals surface area contributed by atoms with E-state index in [9.17, 15) is 4.79 Å². The third-order valence-electron chi connectivity index (χ3n) is 3.40. The predicted molar refractivity (Wildman–Crippen MR) is 89.1 cm³/mol. The van der Waals surface area contributed by atoms with E-state index >= 15 is 0 Å². The van der Waals surface area contributed by atoms with Crippen LogP contribution in [0, 0.1) is 0 Å². The second-order valence-corrected chi connectivity index (χ2v) is 6.75. The van der Waals surface area contributed by atoms with E-state index in [1.54, 1.807) is 0 Å². The lowest BCUT2D eigenvalue weighted by Crippen LogP contribution is -2.16. The molecule has 114 valence electrons. The monoisotopic (exact) mass is 305 g/mol. The smallest absolute Gasteiger partial charge is 0.348 e. The van der Waals surface area contributed by atoms with Gasteiger partial charge in [0.05, 0.1) is 6.10 Å². The molecule has 0 saturated carbocycles. The minimum absolute atomic E-state index is 0.0233. The van der Waals surface area contributed by atoms with Crippen molar-refractivity contribution in [2.45, 2.75) is 32.3 Å². The molecule has 4 heteroatoms. The molecule has 1 aromatic heterocycles. The van der Waals surface area contributed by atoms with E-state index in [1.807, 2.05) is 37.3 Å². The molecular weight excluding hydrogens is 282 g/mol. The van der Waals surface area contributed by atoms with Crippen LogP contribution in [0.25, 0.3) is 10.1 Å². The number of fused-ring (bicyclic) bond motifs is 1. The zero-order valence-corrected chi connectivity index (χ0v) is 13.8. The van der Waals surface area contributed by atoms with Crippen molar-refractivity contribution in [3.8, 4) is 0 Å². The number of carbonyl (C=O) groups is 1. The number of thiophene rings is 1. The third kappa shape index (κ3) is 4.83. The quantitative estimate of drug-likeness (QED) is 0.568. The molecule has 2 aromatic rings. The Morgan fingerprint density at radius 3 is 2.76 bits per heavy atom. The van der Waals surface area contributed by atoms with Gasteiger partial charge in [0.2, 0.25) is 0 Å². The number of hydrogen-bond donors (Lipinski definition) is 0. The van der Waals surface area contributed by atoms with E-state index in [2.05, 4.69) is 19.0 Å². The van der Waals surface area contributed by atoms with Gasteiger partial charge >= 0.3 is 5.97 Å². The van der Waals surface area contributed by atoms with Gasteiger partial charge in [-0.1, -0.05) is 18.2 Å². The van der Waals surface area contributed by atoms with Gasteiger partial charge in [-0.3, -0.25) is 0 Å². The SMILES string of the molecule is CC(CCCCN(C)C)OC(=O)c1cc2ccccc2s1. The molecule has 0 aliphatic rings. The van der Waals surface area contributed by atoms with Crippen molar-refractivity contribution in [2.24, 2.45) is 0 Å². The van der Waals surface area contributed by atoms with Crippen molar-refractivity contribution >= 4 is 27.4 Å². The summed E-state index contributed by atoms with van der Waals surface area (Å²) in [4.78, 5) is 15.0. The highest BCUT2D eigenvalue weighted by molar-refractivity contribution is 7.20. The van der Waals surface area contributed by atoms with Crippen molar-refractivity contribution < 1.29 is 9.53 Å². The summed E-state index contributed by atoms with van der Waals surface area (Å²) in [6.45, 7) is 3.05. The summed E-state index contributed by atoms with van der Waals surface area (Å²) in [5, 5.41) is 1.10. The molecule has 21 heavy (non-hydrogen) atoms. The Morgan fingerprint density at radius 1 is 1.29 bits per heavy atom. The summed E-state index contributed by atoms with van der Waals surface area (Å²) < 4.78 is 6.66. The average molecular weight is 305 g/mol. The van der Waals surface area contributed by atoms with Crippen molar-refractivity contribution in [3.05, 3.63) is 35.2 Å². The summed E-state index contributed by atoms with van der Waals surface area (Å²) in [7, 11) is 4.15. The number of carbonyl (C=O) groups excluding carboxylic acids is 1. The lowest BCUT2D eigenvalue weighted by Gasteiger charge is -2.13. The van der Waals surface area contributed by atoms with Crippen molar-refractivity contribution in [1.82, 2.24) is 4.90 Å². The number of rotatable bonds is 7. The molecule has 0 saturated heterocycles. The summed E-state index contributed by atoms with van der Waals surface area (Å²) in [6, 6.07) is 9.94. The summed E-state index contributed by atoms with van der Waals surface area (Å²) >= 11 is 1.50. The fraction of sp³-hybridized carbons (Fsp3) is 0.471. The highest BCUT2D eigenvalue weighted by atomic mass is 32.1. The standard InChI is InChI=1S/C17H23NO2S/c1-13(8-6-7-11-18(2)3)20-17(19)16-12-14-9-4-5-10-15(14)21-16/h4-5,9-10,12-13H,6-8,11H2,1-3H3. The second kappa shape index (κ2) is 7.57. The van der Waals surface area contributed by atoms with Crippen LogP contribution >= 0.6 is 11.3 Å². The summed E-state index contributed by atoms with van der Waals surface area (Å²) in [6.07, 6.45) is 3.12. The van der Waals surface area contributed by atoms with Gasteiger partial charge in [0.25, 0.3) is 0 Å². The molecule has 0 aliphatic heterocycles. The largest absolute Gasteiger partial charge is 0.458 e. The topological polar surface area (TPSA) is 29.5 Å². The van der Waals surface area contributed by atoms with Gasteiger partial charge in [0.1, 0.15) is 4.88 Å². The lowest BCUT2D eigenvalue weighted by atomic mass is 10.1. The molecule has 0 fully saturated rings. The molecule has 1 atom stereocenters. The zero-order chi connectivity index (χ0) is 15.2. The van der Waals surface area contributed by atoms with Crippen molar-refractivity contribution in [3.63, 3.8) is 0 Å². The van der Waals surface area contributed by atoms with Crippen LogP contribution in [-0.2, 0) is 4.74 Å². The van der Waals surface area contributed by atoms with E-state index in [0.717, 1.165) is 35.9 Å². The molecule has 0 spiro atoms. The van der Waals surface area contributed by atoms with Crippen LogP contribution in [0.4, 0.5) is 0 Å². The Hall–Kier alpha value is -1.39. The first-order chi connectivity index (χ1) is 10.1. The third-order valence-corrected chi connectivity index (χ3v) is 4.50. The fourth-order valence-electron chi connectivity index (χ4n) is 2.24. The van der Waals surface area contributed by atoms with Gasteiger partial charge in [-0.05, 0) is 64.3 Å². The Kier molecular flexibility index (Phi) is 5.76. The highest BCUT2D eigenvalue weighted by Crippen LogP contribution is 2.26. The molecule has 3 nitrogen and oxygen atoms in total. The zero-order valence-electron chi connectivity index (χ0n) is 13.0. The molecule has 1 heterocycles.